The summed E-state index contributed by atoms with van der Waals surface area (Å²) in [6.07, 6.45) is -11.8. The molecule has 17 heteroatoms. The van der Waals surface area contributed by atoms with E-state index in [1.54, 1.807) is 0 Å². The number of aliphatic hydroxyl groups excluding tert-OH is 10. The summed E-state index contributed by atoms with van der Waals surface area (Å²) >= 11 is 0. The van der Waals surface area contributed by atoms with Crippen molar-refractivity contribution in [2.45, 2.75) is 67.0 Å². The van der Waals surface area contributed by atoms with Crippen LogP contribution in [0.5, 0.6) is 0 Å². The lowest BCUT2D eigenvalue weighted by atomic mass is 9.79. The van der Waals surface area contributed by atoms with Crippen molar-refractivity contribution in [2.75, 3.05) is 26.9 Å². The molecule has 17 nitrogen and oxygen atoms in total. The lowest BCUT2D eigenvalue weighted by molar-refractivity contribution is -0.346. The molecule has 0 bridgehead atoms. The minimum atomic E-state index is -1.79. The fourth-order valence-electron chi connectivity index (χ4n) is 4.32. The van der Waals surface area contributed by atoms with E-state index in [0.29, 0.717) is 0 Å². The van der Waals surface area contributed by atoms with E-state index in [1.165, 1.54) is 19.3 Å². The van der Waals surface area contributed by atoms with E-state index in [9.17, 15) is 40.2 Å². The number of ether oxygens (including phenoxy) is 4. The molecule has 0 spiro atoms. The largest absolute Gasteiger partial charge is 0.471 e. The third kappa shape index (κ3) is 7.21. The van der Waals surface area contributed by atoms with Crippen LogP contribution < -0.4 is 0 Å². The first-order valence-corrected chi connectivity index (χ1v) is 12.0. The molecule has 0 aromatic carbocycles. The quantitative estimate of drug-likeness (QED) is 0.0646. The first kappa shape index (κ1) is 34.1. The molecule has 13 atom stereocenters. The molecule has 40 heavy (non-hydrogen) atoms. The second-order valence-corrected chi connectivity index (χ2v) is 9.32. The van der Waals surface area contributed by atoms with Gasteiger partial charge in [0.2, 0.25) is 6.29 Å². The van der Waals surface area contributed by atoms with Gasteiger partial charge in [0.15, 0.2) is 12.6 Å². The van der Waals surface area contributed by atoms with E-state index in [-0.39, 0.29) is 11.9 Å². The smallest absolute Gasteiger partial charge is 0.337 e. The zero-order valence-electron chi connectivity index (χ0n) is 21.2. The maximum Gasteiger partial charge on any atom is 0.337 e. The van der Waals surface area contributed by atoms with Gasteiger partial charge in [-0.3, -0.25) is 0 Å². The van der Waals surface area contributed by atoms with Crippen molar-refractivity contribution >= 4 is 12.3 Å². The molecule has 1 saturated heterocycles. The van der Waals surface area contributed by atoms with Gasteiger partial charge in [-0.15, -0.1) is 0 Å². The highest BCUT2D eigenvalue weighted by Crippen LogP contribution is 2.45. The lowest BCUT2D eigenvalue weighted by Crippen LogP contribution is -2.61. The summed E-state index contributed by atoms with van der Waals surface area (Å²) in [7, 11) is 1.19. The van der Waals surface area contributed by atoms with E-state index < -0.39 is 105 Å². The van der Waals surface area contributed by atoms with Gasteiger partial charge >= 0.3 is 5.97 Å². The monoisotopic (exact) mass is 584 g/mol. The Kier molecular flexibility index (Phi) is 12.5. The number of methoxy groups -OCH3 is 1. The fourth-order valence-corrected chi connectivity index (χ4v) is 4.32. The molecular formula is C23H36O17. The van der Waals surface area contributed by atoms with E-state index in [4.69, 9.17) is 44.5 Å². The summed E-state index contributed by atoms with van der Waals surface area (Å²) in [5.41, 5.74) is -1.70. The Morgan fingerprint density at radius 2 is 1.70 bits per heavy atom. The highest BCUT2D eigenvalue weighted by Gasteiger charge is 2.55. The van der Waals surface area contributed by atoms with Crippen LogP contribution in [0.1, 0.15) is 0 Å². The van der Waals surface area contributed by atoms with E-state index >= 15 is 0 Å². The van der Waals surface area contributed by atoms with Gasteiger partial charge in [-0.05, 0) is 0 Å². The molecule has 0 unspecified atom stereocenters. The molecular weight excluding hydrogens is 548 g/mol. The van der Waals surface area contributed by atoms with Crippen molar-refractivity contribution in [3.05, 3.63) is 24.0 Å². The average Bonchev–Trinajstić information content (AvgIpc) is 3.33. The first-order valence-electron chi connectivity index (χ1n) is 12.0. The summed E-state index contributed by atoms with van der Waals surface area (Å²) in [6.45, 7) is -2.10. The molecule has 2 aliphatic heterocycles. The van der Waals surface area contributed by atoms with E-state index in [0.717, 1.165) is 6.26 Å². The number of aliphatic hydroxyl groups is 11. The van der Waals surface area contributed by atoms with E-state index in [1.807, 2.05) is 0 Å². The van der Waals surface area contributed by atoms with Gasteiger partial charge in [0.1, 0.15) is 54.4 Å². The Labute approximate surface area is 227 Å². The molecule has 3 rings (SSSR count). The number of esters is 1. The minimum absolute atomic E-state index is 0.0258. The van der Waals surface area contributed by atoms with Crippen molar-refractivity contribution in [1.29, 1.82) is 0 Å². The zero-order chi connectivity index (χ0) is 30.4. The number of aldehydes is 1. The third-order valence-corrected chi connectivity index (χ3v) is 6.75. The van der Waals surface area contributed by atoms with Crippen LogP contribution in [0.4, 0.5) is 0 Å². The summed E-state index contributed by atoms with van der Waals surface area (Å²) in [5, 5.41) is 103. The van der Waals surface area contributed by atoms with Crippen molar-refractivity contribution in [3.63, 3.8) is 0 Å². The molecule has 0 amide bonds. The van der Waals surface area contributed by atoms with Crippen molar-refractivity contribution < 1.29 is 84.7 Å². The van der Waals surface area contributed by atoms with Gasteiger partial charge in [0, 0.05) is 5.92 Å². The Bertz CT molecular complexity index is 895. The number of carbonyl (C=O) groups excluding carboxylic acids is 2. The molecule has 3 aliphatic rings. The zero-order valence-corrected chi connectivity index (χ0v) is 21.2. The average molecular weight is 585 g/mol. The number of hydrogen-bond donors (Lipinski definition) is 11. The maximum atomic E-state index is 12.0. The highest BCUT2D eigenvalue weighted by atomic mass is 16.8. The topological polar surface area (TPSA) is 294 Å². The second kappa shape index (κ2) is 14.7. The van der Waals surface area contributed by atoms with Crippen molar-refractivity contribution in [2.24, 2.45) is 11.8 Å². The molecule has 0 aromatic rings. The van der Waals surface area contributed by atoms with Crippen LogP contribution in [0.2, 0.25) is 0 Å². The molecule has 1 fully saturated rings. The van der Waals surface area contributed by atoms with Crippen LogP contribution in [-0.4, -0.2) is 162 Å². The molecule has 1 aliphatic carbocycles. The normalized spacial score (nSPS) is 38.0. The third-order valence-electron chi connectivity index (χ3n) is 6.75. The number of fused-ring (bicyclic) bond motifs is 1. The SMILES string of the molecule is COC(=O)C1=CO[C@@H](O[C@@H]2O[C@H](CO)[C@@H](O)[C@H](O)[C@H]2O)[C@H]2[C@@H]1C=C[C@@]2(O)CO.O=C[C@H](O)[C@@H](O)[C@H](O)[C@H](O)CO. The van der Waals surface area contributed by atoms with Gasteiger partial charge in [0.05, 0.1) is 44.7 Å². The Morgan fingerprint density at radius 3 is 2.23 bits per heavy atom. The van der Waals surface area contributed by atoms with Crippen LogP contribution in [0, 0.1) is 11.8 Å². The molecule has 2 heterocycles. The van der Waals surface area contributed by atoms with Crippen LogP contribution in [0.25, 0.3) is 0 Å². The fraction of sp³-hybridized carbons (Fsp3) is 0.739. The molecule has 0 radical (unpaired) electrons. The van der Waals surface area contributed by atoms with Crippen molar-refractivity contribution in [1.82, 2.24) is 0 Å². The Morgan fingerprint density at radius 1 is 1.05 bits per heavy atom. The van der Waals surface area contributed by atoms with Crippen LogP contribution in [0.3, 0.4) is 0 Å². The lowest BCUT2D eigenvalue weighted by Gasteiger charge is -2.44. The van der Waals surface area contributed by atoms with Gasteiger partial charge in [0.25, 0.3) is 0 Å². The van der Waals surface area contributed by atoms with Crippen LogP contribution in [-0.2, 0) is 28.5 Å². The molecule has 11 N–H and O–H groups in total. The number of allylic oxidation sites excluding steroid dienone is 1. The number of carbonyl (C=O) groups is 2. The first-order chi connectivity index (χ1) is 18.8. The maximum absolute atomic E-state index is 12.0. The van der Waals surface area contributed by atoms with Gasteiger partial charge in [-0.1, -0.05) is 12.2 Å². The van der Waals surface area contributed by atoms with Gasteiger partial charge in [-0.25, -0.2) is 4.79 Å². The Hall–Kier alpha value is -2.10. The second-order valence-electron chi connectivity index (χ2n) is 9.32. The predicted molar refractivity (Wildman–Crippen MR) is 125 cm³/mol. The number of rotatable bonds is 10. The summed E-state index contributed by atoms with van der Waals surface area (Å²) in [4.78, 5) is 21.9. The molecule has 0 aromatic heterocycles. The van der Waals surface area contributed by atoms with Crippen LogP contribution in [0.15, 0.2) is 24.0 Å². The Balaban J connectivity index is 0.000000395. The predicted octanol–water partition coefficient (Wildman–Crippen LogP) is -6.64. The highest BCUT2D eigenvalue weighted by molar-refractivity contribution is 5.89. The molecule has 0 saturated carbocycles. The summed E-state index contributed by atoms with van der Waals surface area (Å²) < 4.78 is 21.0. The van der Waals surface area contributed by atoms with E-state index in [2.05, 4.69) is 0 Å². The van der Waals surface area contributed by atoms with Crippen molar-refractivity contribution in [3.8, 4) is 0 Å². The summed E-state index contributed by atoms with van der Waals surface area (Å²) in [5.74, 6) is -2.40. The van der Waals surface area contributed by atoms with Gasteiger partial charge < -0.3 is 79.9 Å². The van der Waals surface area contributed by atoms with Crippen LogP contribution >= 0.6 is 0 Å². The number of hydrogen-bond acceptors (Lipinski definition) is 17. The standard InChI is InChI=1S/C17H24O11.C6H12O6/c1-25-14(23)8-5-26-15(10-7(8)2-3-17(10,24)6-19)28-16-13(22)12(21)11(20)9(4-18)27-16;7-1-3(9)5(11)6(12)4(10)2-8/h2-3,5,7,9-13,15-16,18-22,24H,4,6H2,1H3;1,3-6,8-12H,2H2/t7-,9-,10-,11-,12+,13-,15+,16+,17-;3-,4+,5+,6+/m10/s1. The van der Waals surface area contributed by atoms with Gasteiger partial charge in [-0.2, -0.15) is 0 Å². The molecule has 230 valence electrons. The minimum Gasteiger partial charge on any atom is -0.471 e. The summed E-state index contributed by atoms with van der Waals surface area (Å²) in [6, 6.07) is 0.